The van der Waals surface area contributed by atoms with Crippen LogP contribution in [-0.4, -0.2) is 18.8 Å². The molecule has 2 rings (SSSR count). The second-order valence-electron chi connectivity index (χ2n) is 4.68. The Morgan fingerprint density at radius 1 is 1.30 bits per heavy atom. The van der Waals surface area contributed by atoms with Gasteiger partial charge in [0.2, 0.25) is 10.0 Å². The first-order valence-electron chi connectivity index (χ1n) is 5.86. The maximum Gasteiger partial charge on any atom is 0.417 e. The van der Waals surface area contributed by atoms with Crippen LogP contribution in [0, 0.1) is 0 Å². The molecule has 0 fully saturated rings. The Labute approximate surface area is 144 Å². The normalized spacial score (nSPS) is 25.3. The molecule has 0 radical (unpaired) electrons. The van der Waals surface area contributed by atoms with Crippen LogP contribution in [-0.2, 0) is 20.9 Å². The summed E-state index contributed by atoms with van der Waals surface area (Å²) in [6.45, 7) is 0. The van der Waals surface area contributed by atoms with Gasteiger partial charge in [-0.1, -0.05) is 29.3 Å². The highest BCUT2D eigenvalue weighted by molar-refractivity contribution is 7.90. The molecule has 1 aromatic rings. The van der Waals surface area contributed by atoms with Crippen LogP contribution in [0.15, 0.2) is 35.5 Å². The van der Waals surface area contributed by atoms with Gasteiger partial charge in [-0.3, -0.25) is 4.98 Å². The van der Waals surface area contributed by atoms with Crippen LogP contribution in [0.3, 0.4) is 0 Å². The molecule has 4 nitrogen and oxygen atoms in total. The molecular weight excluding hydrogens is 400 g/mol. The minimum Gasteiger partial charge on any atom is -0.257 e. The van der Waals surface area contributed by atoms with E-state index in [1.807, 2.05) is 0 Å². The van der Waals surface area contributed by atoms with Crippen LogP contribution in [0.5, 0.6) is 0 Å². The third kappa shape index (κ3) is 3.23. The average molecular weight is 408 g/mol. The fraction of sp³-hybridized carbons (Fsp3) is 0.250. The molecule has 11 heteroatoms. The Bertz CT molecular complexity index is 808. The van der Waals surface area contributed by atoms with Crippen LogP contribution in [0.25, 0.3) is 0 Å². The molecule has 2 atom stereocenters. The number of rotatable bonds is 2. The molecular formula is C12H8Cl3F3N2O2S. The van der Waals surface area contributed by atoms with E-state index in [0.29, 0.717) is 12.3 Å². The number of hydrogen-bond acceptors (Lipinski definition) is 3. The average Bonchev–Trinajstić information content (AvgIpc) is 2.37. The Kier molecular flexibility index (Phi) is 4.78. The third-order valence-corrected chi connectivity index (χ3v) is 5.88. The summed E-state index contributed by atoms with van der Waals surface area (Å²) in [5.74, 6) is 0. The Morgan fingerprint density at radius 2 is 1.91 bits per heavy atom. The van der Waals surface area contributed by atoms with E-state index in [9.17, 15) is 21.6 Å². The molecule has 0 aliphatic heterocycles. The Morgan fingerprint density at radius 3 is 2.35 bits per heavy atom. The van der Waals surface area contributed by atoms with Gasteiger partial charge in [0.15, 0.2) is 4.75 Å². The lowest BCUT2D eigenvalue weighted by atomic mass is 9.94. The molecule has 0 amide bonds. The highest BCUT2D eigenvalue weighted by Gasteiger charge is 2.51. The fourth-order valence-corrected chi connectivity index (χ4v) is 4.48. The molecule has 0 bridgehead atoms. The lowest BCUT2D eigenvalue weighted by Crippen LogP contribution is -2.47. The largest absolute Gasteiger partial charge is 0.417 e. The van der Waals surface area contributed by atoms with Crippen molar-refractivity contribution >= 4 is 44.8 Å². The number of hydrogen-bond donors (Lipinski definition) is 1. The van der Waals surface area contributed by atoms with Gasteiger partial charge in [-0.2, -0.15) is 13.2 Å². The van der Waals surface area contributed by atoms with Gasteiger partial charge in [0.05, 0.1) is 21.7 Å². The maximum absolute atomic E-state index is 12.7. The molecule has 1 aliphatic rings. The van der Waals surface area contributed by atoms with E-state index >= 15 is 0 Å². The van der Waals surface area contributed by atoms with Crippen LogP contribution in [0.1, 0.15) is 11.3 Å². The number of primary sulfonamides is 1. The zero-order valence-electron chi connectivity index (χ0n) is 11.0. The first-order chi connectivity index (χ1) is 10.4. The van der Waals surface area contributed by atoms with Gasteiger partial charge in [0.1, 0.15) is 0 Å². The van der Waals surface area contributed by atoms with E-state index in [1.165, 1.54) is 12.2 Å². The molecule has 126 valence electrons. The third-order valence-electron chi connectivity index (χ3n) is 3.21. The molecule has 0 saturated carbocycles. The van der Waals surface area contributed by atoms with Crippen molar-refractivity contribution in [3.05, 3.63) is 51.8 Å². The van der Waals surface area contributed by atoms with E-state index in [2.05, 4.69) is 4.98 Å². The fourth-order valence-electron chi connectivity index (χ4n) is 2.09. The van der Waals surface area contributed by atoms with Crippen molar-refractivity contribution in [1.82, 2.24) is 4.98 Å². The molecule has 1 aliphatic carbocycles. The standard InChI is InChI=1S/C12H8Cl3F3N2O2S/c13-7-1-2-11(9(15)4-7,23(19,21)22)10-8(14)3-6(5-20-10)12(16,17)18/h1-5,9H,(H2,19,21,22). The zero-order valence-corrected chi connectivity index (χ0v) is 14.1. The minimum atomic E-state index is -4.68. The molecule has 0 spiro atoms. The molecule has 2 unspecified atom stereocenters. The summed E-state index contributed by atoms with van der Waals surface area (Å²) in [7, 11) is -4.43. The minimum absolute atomic E-state index is 0.146. The van der Waals surface area contributed by atoms with Gasteiger partial charge in [-0.15, -0.1) is 11.6 Å². The van der Waals surface area contributed by atoms with Crippen molar-refractivity contribution in [3.63, 3.8) is 0 Å². The lowest BCUT2D eigenvalue weighted by molar-refractivity contribution is -0.137. The van der Waals surface area contributed by atoms with Crippen molar-refractivity contribution in [2.75, 3.05) is 0 Å². The number of nitrogens with two attached hydrogens (primary N) is 1. The van der Waals surface area contributed by atoms with E-state index in [4.69, 9.17) is 39.9 Å². The molecule has 0 saturated heterocycles. The van der Waals surface area contributed by atoms with Crippen LogP contribution in [0.4, 0.5) is 13.2 Å². The van der Waals surface area contributed by atoms with Crippen LogP contribution < -0.4 is 5.14 Å². The van der Waals surface area contributed by atoms with Crippen LogP contribution >= 0.6 is 34.8 Å². The predicted molar refractivity (Wildman–Crippen MR) is 81.8 cm³/mol. The summed E-state index contributed by atoms with van der Waals surface area (Å²) in [4.78, 5) is 3.56. The number of sulfonamides is 1. The van der Waals surface area contributed by atoms with Crippen LogP contribution in [0.2, 0.25) is 5.02 Å². The number of halogens is 6. The van der Waals surface area contributed by atoms with Crippen molar-refractivity contribution in [1.29, 1.82) is 0 Å². The van der Waals surface area contributed by atoms with Crippen molar-refractivity contribution in [2.24, 2.45) is 5.14 Å². The zero-order chi connectivity index (χ0) is 17.6. The first-order valence-corrected chi connectivity index (χ1v) is 8.59. The van der Waals surface area contributed by atoms with E-state index in [-0.39, 0.29) is 5.03 Å². The molecule has 0 aromatic carbocycles. The second kappa shape index (κ2) is 5.93. The Balaban J connectivity index is 2.72. The number of alkyl halides is 4. The highest BCUT2D eigenvalue weighted by atomic mass is 35.5. The van der Waals surface area contributed by atoms with Crippen molar-refractivity contribution < 1.29 is 21.6 Å². The van der Waals surface area contributed by atoms with Gasteiger partial charge in [-0.05, 0) is 18.2 Å². The quantitative estimate of drug-likeness (QED) is 0.762. The van der Waals surface area contributed by atoms with E-state index < -0.39 is 42.6 Å². The van der Waals surface area contributed by atoms with E-state index in [1.54, 1.807) is 0 Å². The second-order valence-corrected chi connectivity index (χ2v) is 7.76. The number of pyridine rings is 1. The molecule has 1 heterocycles. The maximum atomic E-state index is 12.7. The summed E-state index contributed by atoms with van der Waals surface area (Å²) >= 11 is 17.7. The van der Waals surface area contributed by atoms with E-state index in [0.717, 1.165) is 6.08 Å². The number of allylic oxidation sites excluding steroid dienone is 3. The topological polar surface area (TPSA) is 73.1 Å². The summed E-state index contributed by atoms with van der Waals surface area (Å²) < 4.78 is 60.2. The Hall–Kier alpha value is -0.800. The monoisotopic (exact) mass is 406 g/mol. The summed E-state index contributed by atoms with van der Waals surface area (Å²) in [5.41, 5.74) is -1.54. The van der Waals surface area contributed by atoms with Gasteiger partial charge in [0, 0.05) is 11.2 Å². The smallest absolute Gasteiger partial charge is 0.257 e. The summed E-state index contributed by atoms with van der Waals surface area (Å²) in [6, 6.07) is 0.564. The number of nitrogens with zero attached hydrogens (tertiary/aromatic N) is 1. The molecule has 2 N–H and O–H groups in total. The summed E-state index contributed by atoms with van der Waals surface area (Å²) in [6.07, 6.45) is -0.769. The van der Waals surface area contributed by atoms with Gasteiger partial charge in [0.25, 0.3) is 0 Å². The predicted octanol–water partition coefficient (Wildman–Crippen LogP) is 3.54. The van der Waals surface area contributed by atoms with Gasteiger partial charge < -0.3 is 0 Å². The molecule has 23 heavy (non-hydrogen) atoms. The van der Waals surface area contributed by atoms with Gasteiger partial charge >= 0.3 is 6.18 Å². The SMILES string of the molecule is NS(=O)(=O)C1(c2ncc(C(F)(F)F)cc2Cl)C=CC(Cl)=CC1Cl. The van der Waals surface area contributed by atoms with Crippen molar-refractivity contribution in [3.8, 4) is 0 Å². The number of aromatic nitrogens is 1. The highest BCUT2D eigenvalue weighted by Crippen LogP contribution is 2.44. The molecule has 1 aromatic heterocycles. The van der Waals surface area contributed by atoms with Gasteiger partial charge in [-0.25, -0.2) is 13.6 Å². The summed E-state index contributed by atoms with van der Waals surface area (Å²) in [5, 5.41) is 3.55. The first kappa shape index (κ1) is 18.5. The lowest BCUT2D eigenvalue weighted by Gasteiger charge is -2.33. The van der Waals surface area contributed by atoms with Crippen molar-refractivity contribution in [2.45, 2.75) is 16.3 Å².